The Morgan fingerprint density at radius 3 is 2.31 bits per heavy atom. The summed E-state index contributed by atoms with van der Waals surface area (Å²) in [5.74, 6) is 0.0962. The van der Waals surface area contributed by atoms with Crippen LogP contribution in [0.25, 0.3) is 11.3 Å². The van der Waals surface area contributed by atoms with Crippen LogP contribution in [0, 0.1) is 6.92 Å². The van der Waals surface area contributed by atoms with Crippen molar-refractivity contribution < 1.29 is 14.1 Å². The molecule has 3 rings (SSSR count). The zero-order chi connectivity index (χ0) is 18.7. The second kappa shape index (κ2) is 7.23. The molecule has 0 saturated heterocycles. The second-order valence-corrected chi connectivity index (χ2v) is 5.91. The van der Waals surface area contributed by atoms with Crippen LogP contribution in [-0.4, -0.2) is 24.0 Å². The van der Waals surface area contributed by atoms with Gasteiger partial charge in [-0.05, 0) is 31.2 Å². The number of anilines is 2. The van der Waals surface area contributed by atoms with Crippen molar-refractivity contribution >= 4 is 23.2 Å². The van der Waals surface area contributed by atoms with Gasteiger partial charge in [-0.15, -0.1) is 0 Å². The standard InChI is InChI=1S/C20H19N3O3/c1-13-18(19(22-26-13)15-7-5-4-6-8-15)20(25)21-16-9-11-17(12-10-16)23(3)14(2)24/h4-12H,1-3H3,(H,21,25). The van der Waals surface area contributed by atoms with Crippen LogP contribution in [0.1, 0.15) is 23.0 Å². The fourth-order valence-corrected chi connectivity index (χ4v) is 2.58. The molecule has 0 aliphatic rings. The maximum Gasteiger partial charge on any atom is 0.261 e. The lowest BCUT2D eigenvalue weighted by atomic mass is 10.1. The van der Waals surface area contributed by atoms with Crippen molar-refractivity contribution in [3.63, 3.8) is 0 Å². The van der Waals surface area contributed by atoms with Crippen LogP contribution >= 0.6 is 0 Å². The number of rotatable bonds is 4. The molecule has 0 aliphatic heterocycles. The first kappa shape index (κ1) is 17.4. The Labute approximate surface area is 151 Å². The van der Waals surface area contributed by atoms with E-state index in [9.17, 15) is 9.59 Å². The van der Waals surface area contributed by atoms with E-state index in [0.717, 1.165) is 11.3 Å². The molecule has 0 saturated carbocycles. The van der Waals surface area contributed by atoms with E-state index >= 15 is 0 Å². The van der Waals surface area contributed by atoms with E-state index in [1.165, 1.54) is 11.8 Å². The number of hydrogen-bond donors (Lipinski definition) is 1. The third kappa shape index (κ3) is 3.49. The van der Waals surface area contributed by atoms with Gasteiger partial charge in [0.25, 0.3) is 5.91 Å². The Hall–Kier alpha value is -3.41. The molecule has 0 unspecified atom stereocenters. The third-order valence-electron chi connectivity index (χ3n) is 4.12. The van der Waals surface area contributed by atoms with Crippen molar-refractivity contribution in [2.75, 3.05) is 17.3 Å². The van der Waals surface area contributed by atoms with E-state index < -0.39 is 0 Å². The average molecular weight is 349 g/mol. The van der Waals surface area contributed by atoms with Crippen molar-refractivity contribution in [1.82, 2.24) is 5.16 Å². The topological polar surface area (TPSA) is 75.4 Å². The van der Waals surface area contributed by atoms with Crippen molar-refractivity contribution in [2.24, 2.45) is 0 Å². The number of nitrogens with zero attached hydrogens (tertiary/aromatic N) is 2. The highest BCUT2D eigenvalue weighted by molar-refractivity contribution is 6.08. The Kier molecular flexibility index (Phi) is 4.84. The summed E-state index contributed by atoms with van der Waals surface area (Å²) in [7, 11) is 1.70. The molecule has 1 aromatic heterocycles. The Morgan fingerprint density at radius 2 is 1.69 bits per heavy atom. The molecule has 0 atom stereocenters. The Bertz CT molecular complexity index is 931. The predicted molar refractivity (Wildman–Crippen MR) is 100 cm³/mol. The molecule has 0 bridgehead atoms. The molecule has 1 heterocycles. The van der Waals surface area contributed by atoms with Gasteiger partial charge in [0, 0.05) is 30.9 Å². The molecule has 1 N–H and O–H groups in total. The predicted octanol–water partition coefficient (Wildman–Crippen LogP) is 3.89. The second-order valence-electron chi connectivity index (χ2n) is 5.91. The fraction of sp³-hybridized carbons (Fsp3) is 0.150. The summed E-state index contributed by atoms with van der Waals surface area (Å²) in [6.07, 6.45) is 0. The van der Waals surface area contributed by atoms with Crippen molar-refractivity contribution in [2.45, 2.75) is 13.8 Å². The first-order chi connectivity index (χ1) is 12.5. The quantitative estimate of drug-likeness (QED) is 0.775. The van der Waals surface area contributed by atoms with Crippen molar-refractivity contribution in [3.05, 3.63) is 65.9 Å². The van der Waals surface area contributed by atoms with E-state index in [1.54, 1.807) is 38.2 Å². The summed E-state index contributed by atoms with van der Waals surface area (Å²) < 4.78 is 5.23. The molecule has 6 nitrogen and oxygen atoms in total. The number of aryl methyl sites for hydroxylation is 1. The highest BCUT2D eigenvalue weighted by atomic mass is 16.5. The van der Waals surface area contributed by atoms with Crippen LogP contribution in [0.4, 0.5) is 11.4 Å². The first-order valence-corrected chi connectivity index (χ1v) is 8.15. The number of hydrogen-bond acceptors (Lipinski definition) is 4. The minimum atomic E-state index is -0.296. The largest absolute Gasteiger partial charge is 0.360 e. The van der Waals surface area contributed by atoms with Gasteiger partial charge in [-0.25, -0.2) is 0 Å². The van der Waals surface area contributed by atoms with E-state index in [1.807, 2.05) is 30.3 Å². The van der Waals surface area contributed by atoms with Gasteiger partial charge in [-0.1, -0.05) is 35.5 Å². The van der Waals surface area contributed by atoms with Crippen molar-refractivity contribution in [3.8, 4) is 11.3 Å². The van der Waals surface area contributed by atoms with E-state index in [4.69, 9.17) is 4.52 Å². The highest BCUT2D eigenvalue weighted by Gasteiger charge is 2.21. The number of carbonyl (C=O) groups excluding carboxylic acids is 2. The summed E-state index contributed by atoms with van der Waals surface area (Å²) in [5, 5.41) is 6.87. The Balaban J connectivity index is 1.83. The molecule has 0 spiro atoms. The average Bonchev–Trinajstić information content (AvgIpc) is 3.04. The van der Waals surface area contributed by atoms with Gasteiger partial charge in [0.15, 0.2) is 0 Å². The van der Waals surface area contributed by atoms with Gasteiger partial charge in [-0.2, -0.15) is 0 Å². The normalized spacial score (nSPS) is 10.4. The summed E-state index contributed by atoms with van der Waals surface area (Å²) in [6, 6.07) is 16.5. The minimum Gasteiger partial charge on any atom is -0.360 e. The molecular weight excluding hydrogens is 330 g/mol. The zero-order valence-electron chi connectivity index (χ0n) is 14.8. The van der Waals surface area contributed by atoms with Gasteiger partial charge < -0.3 is 14.7 Å². The molecule has 3 aromatic rings. The van der Waals surface area contributed by atoms with Crippen LogP contribution in [0.5, 0.6) is 0 Å². The SMILES string of the molecule is CC(=O)N(C)c1ccc(NC(=O)c2c(-c3ccccc3)noc2C)cc1. The molecule has 2 aromatic carbocycles. The minimum absolute atomic E-state index is 0.0608. The summed E-state index contributed by atoms with van der Waals surface area (Å²) in [6.45, 7) is 3.20. The summed E-state index contributed by atoms with van der Waals surface area (Å²) in [4.78, 5) is 25.7. The fourth-order valence-electron chi connectivity index (χ4n) is 2.58. The molecule has 0 fully saturated rings. The summed E-state index contributed by atoms with van der Waals surface area (Å²) >= 11 is 0. The molecule has 26 heavy (non-hydrogen) atoms. The van der Waals surface area contributed by atoms with E-state index in [-0.39, 0.29) is 11.8 Å². The first-order valence-electron chi connectivity index (χ1n) is 8.15. The monoisotopic (exact) mass is 349 g/mol. The van der Waals surface area contributed by atoms with Crippen LogP contribution in [0.15, 0.2) is 59.1 Å². The summed E-state index contributed by atoms with van der Waals surface area (Å²) in [5.41, 5.74) is 3.10. The van der Waals surface area contributed by atoms with E-state index in [0.29, 0.717) is 22.7 Å². The molecule has 2 amide bonds. The number of benzene rings is 2. The van der Waals surface area contributed by atoms with Gasteiger partial charge in [0.1, 0.15) is 17.0 Å². The molecular formula is C20H19N3O3. The third-order valence-corrected chi connectivity index (χ3v) is 4.12. The Morgan fingerprint density at radius 1 is 1.04 bits per heavy atom. The lowest BCUT2D eigenvalue weighted by molar-refractivity contribution is -0.116. The van der Waals surface area contributed by atoms with E-state index in [2.05, 4.69) is 10.5 Å². The lowest BCUT2D eigenvalue weighted by Crippen LogP contribution is -2.22. The lowest BCUT2D eigenvalue weighted by Gasteiger charge is -2.15. The smallest absolute Gasteiger partial charge is 0.261 e. The van der Waals surface area contributed by atoms with Crippen LogP contribution in [0.2, 0.25) is 0 Å². The zero-order valence-corrected chi connectivity index (χ0v) is 14.8. The van der Waals surface area contributed by atoms with Gasteiger partial charge >= 0.3 is 0 Å². The number of aromatic nitrogens is 1. The van der Waals surface area contributed by atoms with Crippen LogP contribution in [0.3, 0.4) is 0 Å². The molecule has 0 aliphatic carbocycles. The highest BCUT2D eigenvalue weighted by Crippen LogP contribution is 2.26. The molecule has 132 valence electrons. The van der Waals surface area contributed by atoms with Crippen molar-refractivity contribution in [1.29, 1.82) is 0 Å². The number of carbonyl (C=O) groups is 2. The molecule has 0 radical (unpaired) electrons. The van der Waals surface area contributed by atoms with Crippen LogP contribution in [-0.2, 0) is 4.79 Å². The van der Waals surface area contributed by atoms with Gasteiger partial charge in [0.05, 0.1) is 0 Å². The van der Waals surface area contributed by atoms with Gasteiger partial charge in [-0.3, -0.25) is 9.59 Å². The van der Waals surface area contributed by atoms with Crippen LogP contribution < -0.4 is 10.2 Å². The number of nitrogens with one attached hydrogen (secondary N) is 1. The van der Waals surface area contributed by atoms with Gasteiger partial charge in [0.2, 0.25) is 5.91 Å². The maximum absolute atomic E-state index is 12.7. The maximum atomic E-state index is 12.7. The molecule has 6 heteroatoms. The number of amides is 2.